The molecule has 1 amide bonds. The van der Waals surface area contributed by atoms with Crippen LogP contribution in [0.15, 0.2) is 52.8 Å². The molecule has 0 spiro atoms. The molecule has 14 nitrogen and oxygen atoms in total. The van der Waals surface area contributed by atoms with Gasteiger partial charge in [0.25, 0.3) is 10.0 Å². The fraction of sp³-hybridized carbons (Fsp3) is 0.278. The third-order valence-corrected chi connectivity index (χ3v) is 6.71. The first-order valence-electron chi connectivity index (χ1n) is 9.82. The largest absolute Gasteiger partial charge is 0.381 e. The molecule has 4 aromatic rings. The normalized spacial score (nSPS) is 12.3. The van der Waals surface area contributed by atoms with Crippen molar-refractivity contribution >= 4 is 27.3 Å². The average molecular weight is 543 g/mol. The number of rotatable bonds is 6. The van der Waals surface area contributed by atoms with E-state index in [1.807, 2.05) is 0 Å². The minimum atomic E-state index is -3.83. The van der Waals surface area contributed by atoms with Crippen molar-refractivity contribution in [1.29, 1.82) is 0 Å². The molecular weight excluding hydrogens is 522 g/mol. The number of carbonyl (C=O) groups excluding carboxylic acids is 1. The van der Waals surface area contributed by atoms with Crippen LogP contribution in [0.3, 0.4) is 0 Å². The van der Waals surface area contributed by atoms with Crippen LogP contribution >= 0.6 is 11.3 Å². The predicted octanol–water partition coefficient (Wildman–Crippen LogP) is -0.688. The second kappa shape index (κ2) is 10.9. The molecule has 3 aromatic heterocycles. The SMILES string of the molecule is CC(=O)N=c1sc(S(N)(=O)=O)nn1C.OC(Cn1cncn1)(Cn1cncn1)c1ccc(F)cc1F. The Labute approximate surface area is 206 Å². The Kier molecular flexibility index (Phi) is 8.13. The van der Waals surface area contributed by atoms with Gasteiger partial charge in [-0.25, -0.2) is 46.4 Å². The summed E-state index contributed by atoms with van der Waals surface area (Å²) >= 11 is 0.746. The number of hydrogen-bond acceptors (Lipinski definition) is 10. The van der Waals surface area contributed by atoms with Crippen LogP contribution < -0.4 is 9.94 Å². The minimum Gasteiger partial charge on any atom is -0.381 e. The molecule has 0 bridgehead atoms. The molecule has 0 aliphatic heterocycles. The summed E-state index contributed by atoms with van der Waals surface area (Å²) in [5.41, 5.74) is -1.75. The minimum absolute atomic E-state index is 0.0556. The molecule has 3 heterocycles. The van der Waals surface area contributed by atoms with Crippen LogP contribution in [0.2, 0.25) is 0 Å². The molecule has 0 fully saturated rings. The standard InChI is InChI=1S/C13H12F2N6O.C5H8N4O3S2/c14-10-1-2-11(12(15)3-10)13(22,4-20-8-16-6-18-20)5-21-9-17-7-19-21;1-3(10)7-4-9(2)8-5(13-4)14(6,11)12/h1-3,6-9,22H,4-5H2;1-2H3,(H2,6,11,12). The third kappa shape index (κ3) is 6.90. The molecule has 18 heteroatoms. The monoisotopic (exact) mass is 542 g/mol. The highest BCUT2D eigenvalue weighted by Gasteiger charge is 2.34. The van der Waals surface area contributed by atoms with Crippen molar-refractivity contribution in [3.63, 3.8) is 0 Å². The topological polar surface area (TPSA) is 189 Å². The summed E-state index contributed by atoms with van der Waals surface area (Å²) in [6.45, 7) is 1.11. The number of nitrogens with zero attached hydrogens (tertiary/aromatic N) is 9. The van der Waals surface area contributed by atoms with Gasteiger partial charge in [0.05, 0.1) is 13.1 Å². The second-order valence-corrected chi connectivity index (χ2v) is 9.98. The van der Waals surface area contributed by atoms with Gasteiger partial charge in [-0.05, 0) is 6.07 Å². The number of halogens is 2. The first-order chi connectivity index (χ1) is 16.9. The van der Waals surface area contributed by atoms with Crippen molar-refractivity contribution in [2.24, 2.45) is 17.2 Å². The maximum atomic E-state index is 14.1. The van der Waals surface area contributed by atoms with Crippen molar-refractivity contribution in [3.8, 4) is 0 Å². The highest BCUT2D eigenvalue weighted by molar-refractivity contribution is 7.91. The van der Waals surface area contributed by atoms with E-state index in [-0.39, 0.29) is 27.8 Å². The summed E-state index contributed by atoms with van der Waals surface area (Å²) in [6.07, 6.45) is 5.40. The lowest BCUT2D eigenvalue weighted by Gasteiger charge is -2.28. The molecule has 0 unspecified atom stereocenters. The van der Waals surface area contributed by atoms with Crippen molar-refractivity contribution in [2.75, 3.05) is 0 Å². The van der Waals surface area contributed by atoms with E-state index in [1.54, 1.807) is 0 Å². The Hall–Kier alpha value is -3.74. The van der Waals surface area contributed by atoms with Crippen LogP contribution in [-0.2, 0) is 40.6 Å². The Morgan fingerprint density at radius 3 is 2.17 bits per heavy atom. The van der Waals surface area contributed by atoms with Gasteiger partial charge in [-0.15, -0.1) is 5.10 Å². The van der Waals surface area contributed by atoms with Gasteiger partial charge in [0.15, 0.2) is 0 Å². The number of primary sulfonamides is 1. The maximum absolute atomic E-state index is 14.1. The zero-order valence-electron chi connectivity index (χ0n) is 18.8. The summed E-state index contributed by atoms with van der Waals surface area (Å²) in [7, 11) is -2.35. The lowest BCUT2D eigenvalue weighted by Crippen LogP contribution is -2.37. The molecule has 0 atom stereocenters. The molecule has 192 valence electrons. The van der Waals surface area contributed by atoms with Crippen LogP contribution in [0.1, 0.15) is 12.5 Å². The highest BCUT2D eigenvalue weighted by atomic mass is 32.2. The van der Waals surface area contributed by atoms with Gasteiger partial charge in [-0.1, -0.05) is 17.4 Å². The molecule has 1 aromatic carbocycles. The van der Waals surface area contributed by atoms with Gasteiger partial charge >= 0.3 is 0 Å². The van der Waals surface area contributed by atoms with Crippen molar-refractivity contribution in [3.05, 3.63) is 65.5 Å². The van der Waals surface area contributed by atoms with E-state index in [2.05, 4.69) is 30.3 Å². The summed E-state index contributed by atoms with van der Waals surface area (Å²) in [6, 6.07) is 3.02. The van der Waals surface area contributed by atoms with Crippen LogP contribution in [0.4, 0.5) is 8.78 Å². The predicted molar refractivity (Wildman–Crippen MR) is 119 cm³/mol. The number of hydrogen-bond donors (Lipinski definition) is 2. The quantitative estimate of drug-likeness (QED) is 0.318. The molecule has 0 saturated carbocycles. The van der Waals surface area contributed by atoms with E-state index < -0.39 is 33.2 Å². The van der Waals surface area contributed by atoms with Crippen LogP contribution in [0.25, 0.3) is 0 Å². The van der Waals surface area contributed by atoms with Gasteiger partial charge in [0.1, 0.15) is 42.5 Å². The smallest absolute Gasteiger partial charge is 0.267 e. The first kappa shape index (κ1) is 26.9. The number of aliphatic hydroxyl groups is 1. The molecule has 0 aliphatic rings. The van der Waals surface area contributed by atoms with E-state index in [0.717, 1.165) is 23.5 Å². The number of carbonyl (C=O) groups is 1. The fourth-order valence-corrected chi connectivity index (χ4v) is 4.52. The summed E-state index contributed by atoms with van der Waals surface area (Å²) in [5.74, 6) is -1.99. The Balaban J connectivity index is 0.000000223. The molecule has 4 rings (SSSR count). The molecule has 0 radical (unpaired) electrons. The van der Waals surface area contributed by atoms with E-state index in [9.17, 15) is 27.1 Å². The zero-order valence-corrected chi connectivity index (χ0v) is 20.4. The van der Waals surface area contributed by atoms with Gasteiger partial charge in [-0.3, -0.25) is 4.79 Å². The van der Waals surface area contributed by atoms with Crippen LogP contribution in [0.5, 0.6) is 0 Å². The van der Waals surface area contributed by atoms with Crippen LogP contribution in [-0.4, -0.2) is 58.7 Å². The fourth-order valence-electron chi connectivity index (χ4n) is 2.93. The zero-order chi connectivity index (χ0) is 26.5. The number of aromatic nitrogens is 8. The highest BCUT2D eigenvalue weighted by Crippen LogP contribution is 2.28. The summed E-state index contributed by atoms with van der Waals surface area (Å²) in [5, 5.41) is 27.2. The Bertz CT molecular complexity index is 1460. The van der Waals surface area contributed by atoms with E-state index in [0.29, 0.717) is 0 Å². The Morgan fingerprint density at radius 1 is 1.17 bits per heavy atom. The lowest BCUT2D eigenvalue weighted by atomic mass is 9.93. The molecule has 0 aliphatic carbocycles. The van der Waals surface area contributed by atoms with Crippen molar-refractivity contribution < 1.29 is 27.1 Å². The maximum Gasteiger partial charge on any atom is 0.267 e. The molecular formula is C18H20F2N10O4S2. The number of aryl methyl sites for hydroxylation is 1. The van der Waals surface area contributed by atoms with Crippen molar-refractivity contribution in [2.45, 2.75) is 30.0 Å². The van der Waals surface area contributed by atoms with Gasteiger partial charge in [0, 0.05) is 25.6 Å². The summed E-state index contributed by atoms with van der Waals surface area (Å²) in [4.78, 5) is 22.0. The lowest BCUT2D eigenvalue weighted by molar-refractivity contribution is -0.116. The average Bonchev–Trinajstić information content (AvgIpc) is 3.52. The molecule has 36 heavy (non-hydrogen) atoms. The number of amides is 1. The first-order valence-corrected chi connectivity index (χ1v) is 12.2. The number of nitrogens with two attached hydrogens (primary N) is 1. The van der Waals surface area contributed by atoms with Gasteiger partial charge in [-0.2, -0.15) is 15.2 Å². The third-order valence-electron chi connectivity index (χ3n) is 4.40. The molecule has 3 N–H and O–H groups in total. The van der Waals surface area contributed by atoms with Crippen molar-refractivity contribution in [1.82, 2.24) is 39.3 Å². The van der Waals surface area contributed by atoms with Gasteiger partial charge in [0.2, 0.25) is 15.0 Å². The van der Waals surface area contributed by atoms with E-state index in [4.69, 9.17) is 5.14 Å². The Morgan fingerprint density at radius 2 is 1.75 bits per heavy atom. The van der Waals surface area contributed by atoms with E-state index in [1.165, 1.54) is 59.4 Å². The summed E-state index contributed by atoms with van der Waals surface area (Å²) < 4.78 is 52.6. The number of sulfonamides is 1. The van der Waals surface area contributed by atoms with E-state index >= 15 is 0 Å². The number of benzene rings is 1. The van der Waals surface area contributed by atoms with Gasteiger partial charge < -0.3 is 5.11 Å². The second-order valence-electron chi connectivity index (χ2n) is 7.29. The van der Waals surface area contributed by atoms with Crippen LogP contribution in [0, 0.1) is 11.6 Å². The molecule has 0 saturated heterocycles.